The van der Waals surface area contributed by atoms with Gasteiger partial charge in [-0.05, 0) is 0 Å². The molecule has 0 saturated heterocycles. The van der Waals surface area contributed by atoms with Crippen molar-refractivity contribution in [3.63, 3.8) is 0 Å². The number of alkyl halides is 15. The SMILES string of the molecule is CCC(O)(O)c1ccccc1.O=C(O)C(F)(F)C(F)(F)C(F)(F)C(F)(F)C(F)(F)C(F)(F)C(F)(F)F. The van der Waals surface area contributed by atoms with Crippen LogP contribution in [0.1, 0.15) is 18.9 Å². The van der Waals surface area contributed by atoms with E-state index in [-0.39, 0.29) is 0 Å². The van der Waals surface area contributed by atoms with E-state index in [1.165, 1.54) is 0 Å². The van der Waals surface area contributed by atoms with E-state index in [2.05, 4.69) is 0 Å². The third kappa shape index (κ3) is 5.30. The molecular formula is C17H13F15O4. The van der Waals surface area contributed by atoms with Gasteiger partial charge in [0.05, 0.1) is 0 Å². The van der Waals surface area contributed by atoms with Gasteiger partial charge >= 0.3 is 47.7 Å². The van der Waals surface area contributed by atoms with E-state index in [0.717, 1.165) is 0 Å². The molecule has 0 aliphatic rings. The molecule has 0 aromatic heterocycles. The van der Waals surface area contributed by atoms with Crippen LogP contribution < -0.4 is 0 Å². The Kier molecular flexibility index (Phi) is 9.13. The van der Waals surface area contributed by atoms with Crippen molar-refractivity contribution >= 4 is 5.97 Å². The van der Waals surface area contributed by atoms with E-state index >= 15 is 0 Å². The van der Waals surface area contributed by atoms with E-state index < -0.39 is 53.5 Å². The molecule has 0 radical (unpaired) electrons. The Morgan fingerprint density at radius 2 is 0.972 bits per heavy atom. The second-order valence-corrected chi connectivity index (χ2v) is 6.79. The predicted octanol–water partition coefficient (Wildman–Crippen LogP) is 5.68. The number of hydrogen-bond acceptors (Lipinski definition) is 3. The van der Waals surface area contributed by atoms with Crippen LogP contribution in [0.3, 0.4) is 0 Å². The minimum Gasteiger partial charge on any atom is -0.477 e. The lowest BCUT2D eigenvalue weighted by Gasteiger charge is -2.40. The summed E-state index contributed by atoms with van der Waals surface area (Å²) in [5, 5.41) is 26.3. The maximum absolute atomic E-state index is 12.8. The highest BCUT2D eigenvalue weighted by Crippen LogP contribution is 2.62. The van der Waals surface area contributed by atoms with Crippen LogP contribution in [0.15, 0.2) is 30.3 Å². The van der Waals surface area contributed by atoms with E-state index in [1.54, 1.807) is 31.2 Å². The average molecular weight is 566 g/mol. The van der Waals surface area contributed by atoms with Crippen LogP contribution in [0.4, 0.5) is 65.9 Å². The van der Waals surface area contributed by atoms with Gasteiger partial charge in [0.1, 0.15) is 0 Å². The number of benzene rings is 1. The number of halogens is 15. The fraction of sp³-hybridized carbons (Fsp3) is 0.588. The lowest BCUT2D eigenvalue weighted by atomic mass is 9.91. The summed E-state index contributed by atoms with van der Waals surface area (Å²) in [7, 11) is 0. The Labute approximate surface area is 189 Å². The van der Waals surface area contributed by atoms with Crippen molar-refractivity contribution in [2.75, 3.05) is 0 Å². The molecule has 0 unspecified atom stereocenters. The van der Waals surface area contributed by atoms with Crippen molar-refractivity contribution in [2.24, 2.45) is 0 Å². The molecule has 0 fully saturated rings. The Hall–Kier alpha value is -2.44. The fourth-order valence-electron chi connectivity index (χ4n) is 2.01. The van der Waals surface area contributed by atoms with E-state index in [1.807, 2.05) is 6.07 Å². The van der Waals surface area contributed by atoms with E-state index in [9.17, 15) is 80.9 Å². The van der Waals surface area contributed by atoms with Gasteiger partial charge in [0, 0.05) is 12.0 Å². The molecule has 0 saturated carbocycles. The van der Waals surface area contributed by atoms with Crippen LogP contribution in [0.25, 0.3) is 0 Å². The molecule has 0 aliphatic carbocycles. The number of carboxylic acid groups (broad SMARTS) is 1. The monoisotopic (exact) mass is 566 g/mol. The summed E-state index contributed by atoms with van der Waals surface area (Å²) < 4.78 is 187. The van der Waals surface area contributed by atoms with Crippen molar-refractivity contribution in [2.45, 2.75) is 60.8 Å². The van der Waals surface area contributed by atoms with Crippen LogP contribution in [-0.4, -0.2) is 63.0 Å². The lowest BCUT2D eigenvalue weighted by Crippen LogP contribution is -2.73. The van der Waals surface area contributed by atoms with Gasteiger partial charge in [-0.25, -0.2) is 4.79 Å². The topological polar surface area (TPSA) is 77.8 Å². The van der Waals surface area contributed by atoms with Gasteiger partial charge in [-0.1, -0.05) is 37.3 Å². The Morgan fingerprint density at radius 3 is 1.28 bits per heavy atom. The first-order valence-corrected chi connectivity index (χ1v) is 8.68. The molecule has 1 aromatic rings. The van der Waals surface area contributed by atoms with Crippen LogP contribution in [0, 0.1) is 0 Å². The van der Waals surface area contributed by atoms with Gasteiger partial charge in [-0.15, -0.1) is 0 Å². The predicted molar refractivity (Wildman–Crippen MR) is 86.2 cm³/mol. The first kappa shape index (κ1) is 33.6. The zero-order valence-electron chi connectivity index (χ0n) is 17.0. The number of aliphatic hydroxyl groups is 2. The zero-order valence-corrected chi connectivity index (χ0v) is 17.0. The van der Waals surface area contributed by atoms with Gasteiger partial charge in [-0.2, -0.15) is 65.9 Å². The number of aliphatic carboxylic acids is 1. The molecule has 36 heavy (non-hydrogen) atoms. The average Bonchev–Trinajstić information content (AvgIpc) is 2.73. The van der Waals surface area contributed by atoms with Gasteiger partial charge in [0.15, 0.2) is 5.79 Å². The van der Waals surface area contributed by atoms with Crippen LogP contribution in [0.2, 0.25) is 0 Å². The van der Waals surface area contributed by atoms with Crippen LogP contribution in [-0.2, 0) is 10.6 Å². The standard InChI is InChI=1S/C9H12O2.C8HF15O2/c1-2-9(10,11)8-6-4-3-5-7-8;9-2(10,1(24)25)3(11,12)4(13,14)5(15,16)6(17,18)7(19,20)8(21,22)23/h3-7,10-11H,2H2,1H3;(H,24,25). The number of carboxylic acids is 1. The quantitative estimate of drug-likeness (QED) is 0.280. The second kappa shape index (κ2) is 9.79. The Bertz CT molecular complexity index is 895. The maximum Gasteiger partial charge on any atom is 0.460 e. The Balaban J connectivity index is 0.000000918. The number of hydrogen-bond donors (Lipinski definition) is 3. The van der Waals surface area contributed by atoms with E-state index in [0.29, 0.717) is 12.0 Å². The largest absolute Gasteiger partial charge is 0.477 e. The highest BCUT2D eigenvalue weighted by atomic mass is 19.4. The molecule has 0 aliphatic heterocycles. The van der Waals surface area contributed by atoms with Gasteiger partial charge < -0.3 is 15.3 Å². The van der Waals surface area contributed by atoms with Crippen molar-refractivity contribution in [1.29, 1.82) is 0 Å². The molecule has 4 nitrogen and oxygen atoms in total. The summed E-state index contributed by atoms with van der Waals surface area (Å²) >= 11 is 0. The molecule has 3 N–H and O–H groups in total. The summed E-state index contributed by atoms with van der Waals surface area (Å²) in [5.74, 6) is -54.5. The third-order valence-corrected chi connectivity index (χ3v) is 4.33. The highest BCUT2D eigenvalue weighted by molar-refractivity contribution is 5.77. The summed E-state index contributed by atoms with van der Waals surface area (Å²) in [6.07, 6.45) is -7.39. The van der Waals surface area contributed by atoms with Crippen molar-refractivity contribution < 1.29 is 86.0 Å². The second-order valence-electron chi connectivity index (χ2n) is 6.79. The molecule has 0 heterocycles. The maximum atomic E-state index is 12.8. The zero-order chi connectivity index (χ0) is 29.4. The smallest absolute Gasteiger partial charge is 0.460 e. The summed E-state index contributed by atoms with van der Waals surface area (Å²) in [5.41, 5.74) is 0.544. The lowest BCUT2D eigenvalue weighted by molar-refractivity contribution is -0.450. The minimum absolute atomic E-state index is 0.303. The molecule has 19 heteroatoms. The summed E-state index contributed by atoms with van der Waals surface area (Å²) in [6, 6.07) is 8.81. The fourth-order valence-corrected chi connectivity index (χ4v) is 2.01. The van der Waals surface area contributed by atoms with Gasteiger partial charge in [0.2, 0.25) is 0 Å². The number of rotatable bonds is 8. The molecular weight excluding hydrogens is 553 g/mol. The molecule has 1 rings (SSSR count). The normalized spacial score (nSPS) is 14.7. The molecule has 0 spiro atoms. The molecule has 0 amide bonds. The first-order chi connectivity index (χ1) is 15.6. The summed E-state index contributed by atoms with van der Waals surface area (Å²) in [6.45, 7) is 1.73. The molecule has 210 valence electrons. The molecule has 0 bridgehead atoms. The Morgan fingerprint density at radius 1 is 0.639 bits per heavy atom. The molecule has 1 aromatic carbocycles. The molecule has 0 atom stereocenters. The van der Waals surface area contributed by atoms with Crippen molar-refractivity contribution in [3.8, 4) is 0 Å². The van der Waals surface area contributed by atoms with Gasteiger partial charge in [0.25, 0.3) is 0 Å². The van der Waals surface area contributed by atoms with Gasteiger partial charge in [-0.3, -0.25) is 0 Å². The minimum atomic E-state index is -8.47. The van der Waals surface area contributed by atoms with E-state index in [4.69, 9.17) is 5.11 Å². The van der Waals surface area contributed by atoms with Crippen molar-refractivity contribution in [1.82, 2.24) is 0 Å². The first-order valence-electron chi connectivity index (χ1n) is 8.68. The summed E-state index contributed by atoms with van der Waals surface area (Å²) in [4.78, 5) is 9.72. The third-order valence-electron chi connectivity index (χ3n) is 4.33. The van der Waals surface area contributed by atoms with Crippen LogP contribution >= 0.6 is 0 Å². The number of carbonyl (C=O) groups is 1. The van der Waals surface area contributed by atoms with Crippen molar-refractivity contribution in [3.05, 3.63) is 35.9 Å². The van der Waals surface area contributed by atoms with Crippen LogP contribution in [0.5, 0.6) is 0 Å². The highest BCUT2D eigenvalue weighted by Gasteiger charge is 2.94.